The molecule has 0 radical (unpaired) electrons. The van der Waals surface area contributed by atoms with Gasteiger partial charge in [-0.3, -0.25) is 14.4 Å². The van der Waals surface area contributed by atoms with Crippen LogP contribution in [0.25, 0.3) is 0 Å². The van der Waals surface area contributed by atoms with E-state index < -0.39 is 24.0 Å². The molecule has 9 nitrogen and oxygen atoms in total. The summed E-state index contributed by atoms with van der Waals surface area (Å²) in [6.45, 7) is 0.329. The predicted molar refractivity (Wildman–Crippen MR) is 121 cm³/mol. The van der Waals surface area contributed by atoms with Crippen molar-refractivity contribution in [1.82, 2.24) is 15.5 Å². The third-order valence-corrected chi connectivity index (χ3v) is 6.11. The zero-order valence-corrected chi connectivity index (χ0v) is 18.5. The number of imide groups is 1. The van der Waals surface area contributed by atoms with Gasteiger partial charge in [0.05, 0.1) is 12.8 Å². The Morgan fingerprint density at radius 2 is 1.79 bits per heavy atom. The molecule has 2 N–H and O–H groups in total. The van der Waals surface area contributed by atoms with Crippen molar-refractivity contribution in [3.8, 4) is 5.75 Å². The Hall–Kier alpha value is -3.88. The van der Waals surface area contributed by atoms with Gasteiger partial charge in [-0.1, -0.05) is 24.3 Å². The summed E-state index contributed by atoms with van der Waals surface area (Å²) in [5, 5.41) is 5.29. The highest BCUT2D eigenvalue weighted by atomic mass is 16.5. The fraction of sp³-hybridized carbons (Fsp3) is 0.333. The van der Waals surface area contributed by atoms with Gasteiger partial charge < -0.3 is 20.3 Å². The largest absolute Gasteiger partial charge is 0.497 e. The maximum Gasteiger partial charge on any atom is 0.329 e. The molecule has 2 atom stereocenters. The van der Waals surface area contributed by atoms with Crippen molar-refractivity contribution >= 4 is 29.4 Å². The molecule has 1 saturated heterocycles. The molecule has 0 aromatic heterocycles. The number of nitrogens with one attached hydrogen (secondary N) is 2. The number of likely N-dealkylation sites (N-methyl/N-ethyl adjacent to an activating group) is 1. The van der Waals surface area contributed by atoms with Gasteiger partial charge in [0.2, 0.25) is 11.8 Å². The van der Waals surface area contributed by atoms with Gasteiger partial charge in [-0.25, -0.2) is 9.69 Å². The molecule has 2 aromatic rings. The Kier molecular flexibility index (Phi) is 6.30. The van der Waals surface area contributed by atoms with E-state index in [4.69, 9.17) is 4.74 Å². The van der Waals surface area contributed by atoms with Gasteiger partial charge in [0.1, 0.15) is 17.8 Å². The van der Waals surface area contributed by atoms with E-state index in [9.17, 15) is 19.2 Å². The van der Waals surface area contributed by atoms with Crippen LogP contribution in [-0.2, 0) is 27.3 Å². The van der Waals surface area contributed by atoms with Gasteiger partial charge in [-0.15, -0.1) is 0 Å². The van der Waals surface area contributed by atoms with E-state index >= 15 is 0 Å². The summed E-state index contributed by atoms with van der Waals surface area (Å²) in [6.07, 6.45) is 0.614. The first-order valence-corrected chi connectivity index (χ1v) is 10.8. The Bertz CT molecular complexity index is 1080. The molecular weight excluding hydrogens is 424 g/mol. The number of hydrogen-bond donors (Lipinski definition) is 2. The third-order valence-electron chi connectivity index (χ3n) is 6.11. The summed E-state index contributed by atoms with van der Waals surface area (Å²) in [5.41, 5.74) is 2.48. The lowest BCUT2D eigenvalue weighted by atomic mass is 9.93. The maximum absolute atomic E-state index is 13.1. The SMILES string of the molecule is CNC(=O)[C@@H]1Cc2ccccc2CN1C(=O)CC[C@@H]1NC(=O)N(c2ccc(OC)cc2)C1=O. The van der Waals surface area contributed by atoms with Gasteiger partial charge in [-0.05, 0) is 41.8 Å². The number of carbonyl (C=O) groups excluding carboxylic acids is 4. The van der Waals surface area contributed by atoms with E-state index in [1.54, 1.807) is 36.2 Å². The topological polar surface area (TPSA) is 108 Å². The first-order valence-electron chi connectivity index (χ1n) is 10.8. The first-order chi connectivity index (χ1) is 15.9. The maximum atomic E-state index is 13.1. The van der Waals surface area contributed by atoms with E-state index in [1.807, 2.05) is 24.3 Å². The molecule has 2 aliphatic heterocycles. The average Bonchev–Trinajstić information content (AvgIpc) is 3.13. The number of ether oxygens (including phenoxy) is 1. The molecule has 2 aromatic carbocycles. The van der Waals surface area contributed by atoms with Crippen LogP contribution in [0.15, 0.2) is 48.5 Å². The number of nitrogens with zero attached hydrogens (tertiary/aromatic N) is 2. The fourth-order valence-electron chi connectivity index (χ4n) is 4.30. The molecule has 5 amide bonds. The molecule has 9 heteroatoms. The van der Waals surface area contributed by atoms with Crippen molar-refractivity contribution in [2.24, 2.45) is 0 Å². The number of methoxy groups -OCH3 is 1. The Morgan fingerprint density at radius 1 is 1.09 bits per heavy atom. The van der Waals surface area contributed by atoms with Gasteiger partial charge in [0, 0.05) is 26.4 Å². The Balaban J connectivity index is 1.43. The minimum absolute atomic E-state index is 0.0306. The minimum atomic E-state index is -0.806. The van der Waals surface area contributed by atoms with Crippen LogP contribution in [0.2, 0.25) is 0 Å². The number of rotatable bonds is 6. The van der Waals surface area contributed by atoms with Crippen LogP contribution in [0.1, 0.15) is 24.0 Å². The van der Waals surface area contributed by atoms with Crippen LogP contribution in [0, 0.1) is 0 Å². The number of carbonyl (C=O) groups is 4. The molecule has 2 heterocycles. The highest BCUT2D eigenvalue weighted by Crippen LogP contribution is 2.26. The van der Waals surface area contributed by atoms with Gasteiger partial charge >= 0.3 is 6.03 Å². The standard InChI is InChI=1S/C24H26N4O5/c1-25-22(30)20-13-15-5-3-4-6-16(15)14-27(20)21(29)12-11-19-23(31)28(24(32)26-19)17-7-9-18(33-2)10-8-17/h3-10,19-20H,11-14H2,1-2H3,(H,25,30)(H,26,32)/t19-,20-/m0/s1. The van der Waals surface area contributed by atoms with Gasteiger partial charge in [-0.2, -0.15) is 0 Å². The number of benzene rings is 2. The second-order valence-corrected chi connectivity index (χ2v) is 8.04. The molecule has 1 fully saturated rings. The highest BCUT2D eigenvalue weighted by Gasteiger charge is 2.40. The van der Waals surface area contributed by atoms with Crippen molar-refractivity contribution in [3.05, 3.63) is 59.7 Å². The number of anilines is 1. The van der Waals surface area contributed by atoms with E-state index in [-0.39, 0.29) is 24.7 Å². The van der Waals surface area contributed by atoms with Gasteiger partial charge in [0.15, 0.2) is 0 Å². The lowest BCUT2D eigenvalue weighted by molar-refractivity contribution is -0.141. The molecular formula is C24H26N4O5. The normalized spacial score (nSPS) is 19.7. The lowest BCUT2D eigenvalue weighted by Gasteiger charge is -2.36. The summed E-state index contributed by atoms with van der Waals surface area (Å²) in [4.78, 5) is 53.5. The van der Waals surface area contributed by atoms with Crippen LogP contribution >= 0.6 is 0 Å². The highest BCUT2D eigenvalue weighted by molar-refractivity contribution is 6.21. The van der Waals surface area contributed by atoms with Crippen molar-refractivity contribution in [3.63, 3.8) is 0 Å². The summed E-state index contributed by atoms with van der Waals surface area (Å²) < 4.78 is 5.11. The van der Waals surface area contributed by atoms with E-state index in [0.29, 0.717) is 24.4 Å². The minimum Gasteiger partial charge on any atom is -0.497 e. The molecule has 0 unspecified atom stereocenters. The summed E-state index contributed by atoms with van der Waals surface area (Å²) >= 11 is 0. The lowest BCUT2D eigenvalue weighted by Crippen LogP contribution is -2.52. The van der Waals surface area contributed by atoms with Crippen LogP contribution in [-0.4, -0.2) is 54.9 Å². The number of fused-ring (bicyclic) bond motifs is 1. The molecule has 0 bridgehead atoms. The molecule has 2 aliphatic rings. The fourth-order valence-corrected chi connectivity index (χ4v) is 4.30. The quantitative estimate of drug-likeness (QED) is 0.650. The van der Waals surface area contributed by atoms with E-state index in [2.05, 4.69) is 10.6 Å². The number of amides is 5. The zero-order valence-electron chi connectivity index (χ0n) is 18.5. The zero-order chi connectivity index (χ0) is 23.5. The number of hydrogen-bond acceptors (Lipinski definition) is 5. The molecule has 0 saturated carbocycles. The van der Waals surface area contributed by atoms with Crippen LogP contribution < -0.4 is 20.3 Å². The summed E-state index contributed by atoms with van der Waals surface area (Å²) in [5.74, 6) is -0.261. The van der Waals surface area contributed by atoms with Gasteiger partial charge in [0.25, 0.3) is 5.91 Å². The second-order valence-electron chi connectivity index (χ2n) is 8.04. The first kappa shape index (κ1) is 22.3. The smallest absolute Gasteiger partial charge is 0.329 e. The monoisotopic (exact) mass is 450 g/mol. The second kappa shape index (κ2) is 9.32. The summed E-state index contributed by atoms with van der Waals surface area (Å²) in [6, 6.07) is 12.4. The number of urea groups is 1. The molecule has 0 aliphatic carbocycles. The van der Waals surface area contributed by atoms with Crippen molar-refractivity contribution < 1.29 is 23.9 Å². The molecule has 172 valence electrons. The Morgan fingerprint density at radius 3 is 2.45 bits per heavy atom. The molecule has 33 heavy (non-hydrogen) atoms. The van der Waals surface area contributed by atoms with Crippen LogP contribution in [0.4, 0.5) is 10.5 Å². The van der Waals surface area contributed by atoms with E-state index in [1.165, 1.54) is 7.11 Å². The van der Waals surface area contributed by atoms with Crippen molar-refractivity contribution in [1.29, 1.82) is 0 Å². The molecule has 0 spiro atoms. The van der Waals surface area contributed by atoms with Crippen LogP contribution in [0.3, 0.4) is 0 Å². The summed E-state index contributed by atoms with van der Waals surface area (Å²) in [7, 11) is 3.08. The molecule has 4 rings (SSSR count). The Labute approximate surface area is 191 Å². The average molecular weight is 450 g/mol. The van der Waals surface area contributed by atoms with Crippen LogP contribution in [0.5, 0.6) is 5.75 Å². The third kappa shape index (κ3) is 4.39. The van der Waals surface area contributed by atoms with E-state index in [0.717, 1.165) is 16.0 Å². The predicted octanol–water partition coefficient (Wildman–Crippen LogP) is 1.60. The van der Waals surface area contributed by atoms with Crippen molar-refractivity contribution in [2.75, 3.05) is 19.1 Å². The van der Waals surface area contributed by atoms with Crippen molar-refractivity contribution in [2.45, 2.75) is 37.9 Å².